The van der Waals surface area contributed by atoms with Crippen molar-refractivity contribution >= 4 is 6.09 Å². The number of hydrogen-bond acceptors (Lipinski definition) is 4. The van der Waals surface area contributed by atoms with Crippen LogP contribution in [0.15, 0.2) is 12.4 Å². The Hall–Kier alpha value is -1.56. The van der Waals surface area contributed by atoms with E-state index in [0.717, 1.165) is 31.6 Å². The maximum absolute atomic E-state index is 12.3. The van der Waals surface area contributed by atoms with Crippen LogP contribution in [0.3, 0.4) is 0 Å². The second kappa shape index (κ2) is 7.34. The predicted octanol–water partition coefficient (Wildman–Crippen LogP) is 2.86. The first-order chi connectivity index (χ1) is 10.8. The van der Waals surface area contributed by atoms with Crippen molar-refractivity contribution < 1.29 is 9.53 Å². The highest BCUT2D eigenvalue weighted by atomic mass is 16.6. The van der Waals surface area contributed by atoms with Gasteiger partial charge in [-0.05, 0) is 40.5 Å². The number of aryl methyl sites for hydroxylation is 1. The van der Waals surface area contributed by atoms with Crippen molar-refractivity contribution in [2.24, 2.45) is 7.05 Å². The molecule has 1 aromatic rings. The number of likely N-dealkylation sites (tertiary alicyclic amines) is 1. The molecule has 2 rings (SSSR count). The van der Waals surface area contributed by atoms with Crippen molar-refractivity contribution in [1.82, 2.24) is 19.8 Å². The highest BCUT2D eigenvalue weighted by Crippen LogP contribution is 2.18. The summed E-state index contributed by atoms with van der Waals surface area (Å²) in [6.07, 6.45) is 6.75. The molecule has 2 atom stereocenters. The Morgan fingerprint density at radius 2 is 2.17 bits per heavy atom. The van der Waals surface area contributed by atoms with Crippen LogP contribution in [-0.4, -0.2) is 45.3 Å². The topological polar surface area (TPSA) is 59.4 Å². The monoisotopic (exact) mass is 322 g/mol. The van der Waals surface area contributed by atoms with Crippen LogP contribution in [0.1, 0.15) is 58.8 Å². The molecule has 1 saturated heterocycles. The van der Waals surface area contributed by atoms with Crippen LogP contribution in [0.5, 0.6) is 0 Å². The molecule has 0 spiro atoms. The number of aromatic nitrogens is 2. The second-order valence-corrected chi connectivity index (χ2v) is 7.40. The molecule has 130 valence electrons. The van der Waals surface area contributed by atoms with E-state index < -0.39 is 5.60 Å². The summed E-state index contributed by atoms with van der Waals surface area (Å²) >= 11 is 0. The molecule has 6 heteroatoms. The Bertz CT molecular complexity index is 521. The third-order valence-electron chi connectivity index (χ3n) is 4.05. The number of nitrogens with zero attached hydrogens (tertiary/aromatic N) is 3. The molecule has 0 aliphatic carbocycles. The Kier molecular flexibility index (Phi) is 5.68. The number of rotatable bonds is 3. The number of ether oxygens (including phenoxy) is 1. The molecule has 1 aliphatic heterocycles. The molecule has 2 heterocycles. The normalized spacial score (nSPS) is 20.9. The zero-order valence-electron chi connectivity index (χ0n) is 15.0. The molecule has 0 aromatic carbocycles. The lowest BCUT2D eigenvalue weighted by molar-refractivity contribution is 0.0242. The van der Waals surface area contributed by atoms with Gasteiger partial charge in [0.25, 0.3) is 0 Å². The summed E-state index contributed by atoms with van der Waals surface area (Å²) in [6, 6.07) is 0.412. The maximum atomic E-state index is 12.3. The SMILES string of the molecule is CC(NC1CCCCN(C(=O)OC(C)(C)C)C1)c1nccn1C. The van der Waals surface area contributed by atoms with Gasteiger partial charge in [0.15, 0.2) is 0 Å². The smallest absolute Gasteiger partial charge is 0.410 e. The van der Waals surface area contributed by atoms with E-state index in [-0.39, 0.29) is 18.2 Å². The van der Waals surface area contributed by atoms with Crippen LogP contribution in [0.4, 0.5) is 4.79 Å². The van der Waals surface area contributed by atoms with E-state index in [1.165, 1.54) is 0 Å². The fourth-order valence-corrected chi connectivity index (χ4v) is 2.99. The molecule has 0 saturated carbocycles. The number of hydrogen-bond donors (Lipinski definition) is 1. The molecule has 1 aromatic heterocycles. The minimum absolute atomic E-state index is 0.151. The highest BCUT2D eigenvalue weighted by Gasteiger charge is 2.27. The fourth-order valence-electron chi connectivity index (χ4n) is 2.99. The summed E-state index contributed by atoms with van der Waals surface area (Å²) in [6.45, 7) is 9.28. The third-order valence-corrected chi connectivity index (χ3v) is 4.05. The van der Waals surface area contributed by atoms with E-state index in [1.807, 2.05) is 49.7 Å². The number of carbonyl (C=O) groups is 1. The highest BCUT2D eigenvalue weighted by molar-refractivity contribution is 5.68. The average molecular weight is 322 g/mol. The van der Waals surface area contributed by atoms with Crippen molar-refractivity contribution in [3.63, 3.8) is 0 Å². The van der Waals surface area contributed by atoms with E-state index in [2.05, 4.69) is 17.2 Å². The Balaban J connectivity index is 1.96. The molecular formula is C17H30N4O2. The van der Waals surface area contributed by atoms with Gasteiger partial charge in [-0.2, -0.15) is 0 Å². The van der Waals surface area contributed by atoms with Crippen LogP contribution >= 0.6 is 0 Å². The second-order valence-electron chi connectivity index (χ2n) is 7.40. The zero-order valence-corrected chi connectivity index (χ0v) is 15.0. The lowest BCUT2D eigenvalue weighted by atomic mass is 10.1. The van der Waals surface area contributed by atoms with Gasteiger partial charge in [-0.3, -0.25) is 0 Å². The zero-order chi connectivity index (χ0) is 17.0. The largest absolute Gasteiger partial charge is 0.444 e. The van der Waals surface area contributed by atoms with Crippen molar-refractivity contribution in [2.75, 3.05) is 13.1 Å². The summed E-state index contributed by atoms with van der Waals surface area (Å²) in [5, 5.41) is 3.62. The van der Waals surface area contributed by atoms with Gasteiger partial charge in [0.05, 0.1) is 6.04 Å². The Labute approximate surface area is 139 Å². The van der Waals surface area contributed by atoms with Crippen LogP contribution < -0.4 is 5.32 Å². The summed E-state index contributed by atoms with van der Waals surface area (Å²) in [5.41, 5.74) is -0.452. The van der Waals surface area contributed by atoms with Crippen LogP contribution in [0, 0.1) is 0 Å². The fraction of sp³-hybridized carbons (Fsp3) is 0.765. The lowest BCUT2D eigenvalue weighted by Crippen LogP contribution is -2.45. The van der Waals surface area contributed by atoms with Crippen molar-refractivity contribution in [1.29, 1.82) is 0 Å². The first-order valence-electron chi connectivity index (χ1n) is 8.47. The van der Waals surface area contributed by atoms with Gasteiger partial charge in [0, 0.05) is 38.6 Å². The van der Waals surface area contributed by atoms with Crippen molar-refractivity contribution in [3.8, 4) is 0 Å². The first kappa shape index (κ1) is 17.8. The van der Waals surface area contributed by atoms with Crippen LogP contribution in [-0.2, 0) is 11.8 Å². The number of imidazole rings is 1. The quantitative estimate of drug-likeness (QED) is 0.929. The van der Waals surface area contributed by atoms with Crippen molar-refractivity contribution in [2.45, 2.75) is 64.6 Å². The standard InChI is InChI=1S/C17H30N4O2/c1-13(15-18-9-11-20(15)5)19-14-8-6-7-10-21(12-14)16(22)23-17(2,3)4/h9,11,13-14,19H,6-8,10,12H2,1-5H3. The van der Waals surface area contributed by atoms with Gasteiger partial charge >= 0.3 is 6.09 Å². The van der Waals surface area contributed by atoms with Gasteiger partial charge < -0.3 is 19.5 Å². The minimum Gasteiger partial charge on any atom is -0.444 e. The molecule has 1 fully saturated rings. The van der Waals surface area contributed by atoms with Gasteiger partial charge in [-0.1, -0.05) is 6.42 Å². The summed E-state index contributed by atoms with van der Waals surface area (Å²) in [7, 11) is 2.00. The maximum Gasteiger partial charge on any atom is 0.410 e. The summed E-state index contributed by atoms with van der Waals surface area (Å²) < 4.78 is 7.55. The number of amides is 1. The average Bonchev–Trinajstić information content (AvgIpc) is 2.72. The van der Waals surface area contributed by atoms with E-state index >= 15 is 0 Å². The third kappa shape index (κ3) is 5.23. The molecule has 0 bridgehead atoms. The molecule has 1 aliphatic rings. The summed E-state index contributed by atoms with van der Waals surface area (Å²) in [5.74, 6) is 1.01. The van der Waals surface area contributed by atoms with E-state index in [4.69, 9.17) is 4.74 Å². The predicted molar refractivity (Wildman–Crippen MR) is 90.2 cm³/mol. The van der Waals surface area contributed by atoms with Gasteiger partial charge in [-0.25, -0.2) is 9.78 Å². The van der Waals surface area contributed by atoms with Crippen molar-refractivity contribution in [3.05, 3.63) is 18.2 Å². The number of carbonyl (C=O) groups excluding carboxylic acids is 1. The molecule has 1 amide bonds. The molecule has 1 N–H and O–H groups in total. The van der Waals surface area contributed by atoms with E-state index in [9.17, 15) is 4.79 Å². The minimum atomic E-state index is -0.452. The van der Waals surface area contributed by atoms with Crippen LogP contribution in [0.2, 0.25) is 0 Å². The van der Waals surface area contributed by atoms with Gasteiger partial charge in [0.1, 0.15) is 11.4 Å². The van der Waals surface area contributed by atoms with Gasteiger partial charge in [0.2, 0.25) is 0 Å². The molecule has 0 radical (unpaired) electrons. The number of nitrogens with one attached hydrogen (secondary N) is 1. The van der Waals surface area contributed by atoms with E-state index in [1.54, 1.807) is 0 Å². The Morgan fingerprint density at radius 1 is 1.43 bits per heavy atom. The van der Waals surface area contributed by atoms with E-state index in [0.29, 0.717) is 6.54 Å². The van der Waals surface area contributed by atoms with Gasteiger partial charge in [-0.15, -0.1) is 0 Å². The lowest BCUT2D eigenvalue weighted by Gasteiger charge is -2.29. The Morgan fingerprint density at radius 3 is 2.78 bits per heavy atom. The molecule has 2 unspecified atom stereocenters. The molecule has 23 heavy (non-hydrogen) atoms. The molecular weight excluding hydrogens is 292 g/mol. The first-order valence-corrected chi connectivity index (χ1v) is 8.47. The van der Waals surface area contributed by atoms with Crippen LogP contribution in [0.25, 0.3) is 0 Å². The summed E-state index contributed by atoms with van der Waals surface area (Å²) in [4.78, 5) is 18.6. The molecule has 6 nitrogen and oxygen atoms in total.